The van der Waals surface area contributed by atoms with Crippen LogP contribution in [0.2, 0.25) is 0 Å². The Labute approximate surface area is 190 Å². The van der Waals surface area contributed by atoms with Crippen molar-refractivity contribution in [2.75, 3.05) is 24.7 Å². The molecule has 0 aliphatic carbocycles. The minimum absolute atomic E-state index is 0.138. The molecule has 0 fully saturated rings. The van der Waals surface area contributed by atoms with E-state index in [4.69, 9.17) is 4.52 Å². The molecule has 0 spiro atoms. The number of rotatable bonds is 10. The third kappa shape index (κ3) is 6.59. The SMILES string of the molecule is Cc1ccc(-c2noc(CCC(=O)NCCNc3ccc(S(C)(=O)=O)cc3[N+](=O)[O-])n2)cc1. The molecule has 174 valence electrons. The summed E-state index contributed by atoms with van der Waals surface area (Å²) in [6.45, 7) is 2.40. The van der Waals surface area contributed by atoms with Gasteiger partial charge in [-0.25, -0.2) is 8.42 Å². The van der Waals surface area contributed by atoms with Crippen molar-refractivity contribution in [3.05, 3.63) is 64.0 Å². The number of carbonyl (C=O) groups is 1. The normalized spacial score (nSPS) is 11.2. The molecule has 1 amide bonds. The Morgan fingerprint density at radius 1 is 1.15 bits per heavy atom. The molecule has 3 aromatic rings. The molecule has 11 nitrogen and oxygen atoms in total. The zero-order valence-electron chi connectivity index (χ0n) is 18.1. The number of aryl methyl sites for hydroxylation is 2. The summed E-state index contributed by atoms with van der Waals surface area (Å²) in [5, 5.41) is 20.7. The molecule has 0 bridgehead atoms. The highest BCUT2D eigenvalue weighted by Gasteiger charge is 2.18. The van der Waals surface area contributed by atoms with Gasteiger partial charge in [0.1, 0.15) is 5.69 Å². The lowest BCUT2D eigenvalue weighted by atomic mass is 10.1. The smallest absolute Gasteiger partial charge is 0.293 e. The van der Waals surface area contributed by atoms with Crippen LogP contribution in [0.15, 0.2) is 51.9 Å². The first-order chi connectivity index (χ1) is 15.6. The van der Waals surface area contributed by atoms with Gasteiger partial charge >= 0.3 is 0 Å². The van der Waals surface area contributed by atoms with Crippen LogP contribution in [-0.4, -0.2) is 48.7 Å². The highest BCUT2D eigenvalue weighted by Crippen LogP contribution is 2.27. The van der Waals surface area contributed by atoms with Crippen LogP contribution in [0, 0.1) is 17.0 Å². The zero-order valence-corrected chi connectivity index (χ0v) is 18.9. The van der Waals surface area contributed by atoms with Gasteiger partial charge in [-0.05, 0) is 19.1 Å². The van der Waals surface area contributed by atoms with Crippen LogP contribution < -0.4 is 10.6 Å². The molecular weight excluding hydrogens is 450 g/mol. The molecule has 3 rings (SSSR count). The lowest BCUT2D eigenvalue weighted by molar-refractivity contribution is -0.384. The number of sulfone groups is 1. The van der Waals surface area contributed by atoms with Crippen molar-refractivity contribution in [1.29, 1.82) is 0 Å². The van der Waals surface area contributed by atoms with E-state index in [1.807, 2.05) is 31.2 Å². The summed E-state index contributed by atoms with van der Waals surface area (Å²) in [6.07, 6.45) is 1.39. The van der Waals surface area contributed by atoms with Crippen molar-refractivity contribution >= 4 is 27.1 Å². The van der Waals surface area contributed by atoms with Crippen LogP contribution in [0.25, 0.3) is 11.4 Å². The van der Waals surface area contributed by atoms with Crippen molar-refractivity contribution in [2.24, 2.45) is 0 Å². The van der Waals surface area contributed by atoms with E-state index in [9.17, 15) is 23.3 Å². The molecular formula is C21H23N5O6S. The number of anilines is 1. The van der Waals surface area contributed by atoms with Crippen LogP contribution in [0.3, 0.4) is 0 Å². The standard InChI is InChI=1S/C21H23N5O6S/c1-14-3-5-15(6-4-14)21-24-20(32-25-21)10-9-19(27)23-12-11-22-17-8-7-16(33(2,30)31)13-18(17)26(28)29/h3-8,13,22H,9-12H2,1-2H3,(H,23,27). The topological polar surface area (TPSA) is 157 Å². The van der Waals surface area contributed by atoms with E-state index >= 15 is 0 Å². The number of carbonyl (C=O) groups excluding carboxylic acids is 1. The van der Waals surface area contributed by atoms with Gasteiger partial charge in [-0.3, -0.25) is 14.9 Å². The number of nitro groups is 1. The summed E-state index contributed by atoms with van der Waals surface area (Å²) < 4.78 is 28.4. The molecule has 1 aromatic heterocycles. The van der Waals surface area contributed by atoms with Crippen LogP contribution in [-0.2, 0) is 21.1 Å². The molecule has 0 radical (unpaired) electrons. The molecule has 2 aromatic carbocycles. The summed E-state index contributed by atoms with van der Waals surface area (Å²) in [6, 6.07) is 11.3. The molecule has 12 heteroatoms. The molecule has 0 saturated carbocycles. The van der Waals surface area contributed by atoms with E-state index in [1.165, 1.54) is 12.1 Å². The Morgan fingerprint density at radius 2 is 1.88 bits per heavy atom. The minimum atomic E-state index is -3.56. The lowest BCUT2D eigenvalue weighted by Crippen LogP contribution is -2.29. The first kappa shape index (κ1) is 23.9. The highest BCUT2D eigenvalue weighted by atomic mass is 32.2. The fraction of sp³-hybridized carbons (Fsp3) is 0.286. The van der Waals surface area contributed by atoms with E-state index < -0.39 is 14.8 Å². The van der Waals surface area contributed by atoms with E-state index in [0.717, 1.165) is 23.4 Å². The van der Waals surface area contributed by atoms with Crippen LogP contribution in [0.4, 0.5) is 11.4 Å². The largest absolute Gasteiger partial charge is 0.378 e. The summed E-state index contributed by atoms with van der Waals surface area (Å²) in [7, 11) is -3.56. The van der Waals surface area contributed by atoms with Crippen molar-refractivity contribution in [3.8, 4) is 11.4 Å². The minimum Gasteiger partial charge on any atom is -0.378 e. The molecule has 0 unspecified atom stereocenters. The highest BCUT2D eigenvalue weighted by molar-refractivity contribution is 7.90. The Hall–Kier alpha value is -3.80. The van der Waals surface area contributed by atoms with Gasteiger partial charge < -0.3 is 15.2 Å². The van der Waals surface area contributed by atoms with Gasteiger partial charge in [-0.2, -0.15) is 4.98 Å². The molecule has 0 atom stereocenters. The summed E-state index contributed by atoms with van der Waals surface area (Å²) in [5.41, 5.74) is 1.75. The third-order valence-electron chi connectivity index (χ3n) is 4.70. The van der Waals surface area contributed by atoms with Crippen molar-refractivity contribution < 1.29 is 22.7 Å². The van der Waals surface area contributed by atoms with Gasteiger partial charge in [0.25, 0.3) is 5.69 Å². The molecule has 1 heterocycles. The van der Waals surface area contributed by atoms with Crippen LogP contribution >= 0.6 is 0 Å². The Morgan fingerprint density at radius 3 is 2.55 bits per heavy atom. The maximum Gasteiger partial charge on any atom is 0.293 e. The number of aromatic nitrogens is 2. The monoisotopic (exact) mass is 473 g/mol. The van der Waals surface area contributed by atoms with Gasteiger partial charge in [0.05, 0.1) is 9.82 Å². The Balaban J connectivity index is 1.46. The first-order valence-corrected chi connectivity index (χ1v) is 11.9. The quantitative estimate of drug-likeness (QED) is 0.256. The second-order valence-electron chi connectivity index (χ2n) is 7.36. The van der Waals surface area contributed by atoms with E-state index in [0.29, 0.717) is 11.7 Å². The third-order valence-corrected chi connectivity index (χ3v) is 5.81. The predicted octanol–water partition coefficient (Wildman–Crippen LogP) is 2.52. The summed E-state index contributed by atoms with van der Waals surface area (Å²) >= 11 is 0. The van der Waals surface area contributed by atoms with E-state index in [-0.39, 0.29) is 48.1 Å². The van der Waals surface area contributed by atoms with Crippen molar-refractivity contribution in [3.63, 3.8) is 0 Å². The average molecular weight is 474 g/mol. The maximum atomic E-state index is 12.1. The van der Waals surface area contributed by atoms with Gasteiger partial charge in [0.2, 0.25) is 17.6 Å². The van der Waals surface area contributed by atoms with E-state index in [1.54, 1.807) is 0 Å². The van der Waals surface area contributed by atoms with Crippen LogP contribution in [0.5, 0.6) is 0 Å². The van der Waals surface area contributed by atoms with E-state index in [2.05, 4.69) is 20.8 Å². The maximum absolute atomic E-state index is 12.1. The van der Waals surface area contributed by atoms with Gasteiger partial charge in [-0.1, -0.05) is 35.0 Å². The summed E-state index contributed by atoms with van der Waals surface area (Å²) in [4.78, 5) is 26.8. The Kier molecular flexibility index (Phi) is 7.38. The number of benzene rings is 2. The second-order valence-corrected chi connectivity index (χ2v) is 9.38. The lowest BCUT2D eigenvalue weighted by Gasteiger charge is -2.09. The van der Waals surface area contributed by atoms with Crippen molar-refractivity contribution in [2.45, 2.75) is 24.7 Å². The van der Waals surface area contributed by atoms with Crippen molar-refractivity contribution in [1.82, 2.24) is 15.5 Å². The molecule has 2 N–H and O–H groups in total. The van der Waals surface area contributed by atoms with Crippen LogP contribution in [0.1, 0.15) is 17.9 Å². The number of hydrogen-bond donors (Lipinski definition) is 2. The van der Waals surface area contributed by atoms with Gasteiger partial charge in [0, 0.05) is 43.8 Å². The number of hydrogen-bond acceptors (Lipinski definition) is 9. The molecule has 0 aliphatic rings. The number of nitrogens with one attached hydrogen (secondary N) is 2. The second kappa shape index (κ2) is 10.2. The Bertz CT molecular complexity index is 1250. The fourth-order valence-corrected chi connectivity index (χ4v) is 3.57. The van der Waals surface area contributed by atoms with Gasteiger partial charge in [0.15, 0.2) is 9.84 Å². The number of nitro benzene ring substituents is 1. The fourth-order valence-electron chi connectivity index (χ4n) is 2.93. The molecule has 0 saturated heterocycles. The molecule has 33 heavy (non-hydrogen) atoms. The number of nitrogens with zero attached hydrogens (tertiary/aromatic N) is 3. The molecule has 0 aliphatic heterocycles. The van der Waals surface area contributed by atoms with Gasteiger partial charge in [-0.15, -0.1) is 0 Å². The first-order valence-electron chi connectivity index (χ1n) is 10.0. The number of amides is 1. The summed E-state index contributed by atoms with van der Waals surface area (Å²) in [5.74, 6) is 0.562. The predicted molar refractivity (Wildman–Crippen MR) is 120 cm³/mol. The zero-order chi connectivity index (χ0) is 24.0. The average Bonchev–Trinajstić information content (AvgIpc) is 3.24.